The van der Waals surface area contributed by atoms with Crippen molar-refractivity contribution in [3.8, 4) is 0 Å². The van der Waals surface area contributed by atoms with Crippen molar-refractivity contribution < 1.29 is 4.79 Å². The van der Waals surface area contributed by atoms with Crippen molar-refractivity contribution in [2.75, 3.05) is 13.6 Å². The van der Waals surface area contributed by atoms with Gasteiger partial charge in [0.2, 0.25) is 5.91 Å². The highest BCUT2D eigenvalue weighted by Crippen LogP contribution is 2.19. The number of carbonyl (C=O) groups is 1. The van der Waals surface area contributed by atoms with Crippen molar-refractivity contribution >= 4 is 5.91 Å². The molecule has 0 aromatic carbocycles. The third kappa shape index (κ3) is 2.69. The summed E-state index contributed by atoms with van der Waals surface area (Å²) in [7, 11) is 1.97. The van der Waals surface area contributed by atoms with Gasteiger partial charge in [-0.2, -0.15) is 0 Å². The van der Waals surface area contributed by atoms with Crippen molar-refractivity contribution in [2.45, 2.75) is 32.7 Å². The summed E-state index contributed by atoms with van der Waals surface area (Å²) in [5.41, 5.74) is 0. The molecule has 13 heavy (non-hydrogen) atoms. The normalized spacial score (nSPS) is 24.9. The Morgan fingerprint density at radius 3 is 2.69 bits per heavy atom. The summed E-state index contributed by atoms with van der Waals surface area (Å²) in [5.74, 6) is 1.07. The third-order valence-corrected chi connectivity index (χ3v) is 2.88. The van der Waals surface area contributed by atoms with Crippen LogP contribution in [0.4, 0.5) is 0 Å². The summed E-state index contributed by atoms with van der Waals surface area (Å²) in [6, 6.07) is 0.467. The lowest BCUT2D eigenvalue weighted by atomic mass is 9.92. The molecule has 0 aromatic heterocycles. The summed E-state index contributed by atoms with van der Waals surface area (Å²) >= 11 is 0. The van der Waals surface area contributed by atoms with Crippen molar-refractivity contribution in [1.29, 1.82) is 0 Å². The Kier molecular flexibility index (Phi) is 3.72. The number of amides is 1. The fourth-order valence-corrected chi connectivity index (χ4v) is 1.90. The number of nitrogens with one attached hydrogen (secondary N) is 2. The Bertz CT molecular complexity index is 180. The average molecular weight is 184 g/mol. The molecule has 1 rings (SSSR count). The molecule has 0 aromatic rings. The van der Waals surface area contributed by atoms with Gasteiger partial charge in [-0.1, -0.05) is 13.8 Å². The minimum absolute atomic E-state index is 0.236. The van der Waals surface area contributed by atoms with Gasteiger partial charge in [0, 0.05) is 18.5 Å². The van der Waals surface area contributed by atoms with E-state index in [2.05, 4.69) is 24.5 Å². The highest BCUT2D eigenvalue weighted by molar-refractivity contribution is 5.80. The fourth-order valence-electron chi connectivity index (χ4n) is 1.90. The van der Waals surface area contributed by atoms with Crippen molar-refractivity contribution in [1.82, 2.24) is 10.6 Å². The largest absolute Gasteiger partial charge is 0.356 e. The van der Waals surface area contributed by atoms with E-state index in [1.807, 2.05) is 7.05 Å². The molecular formula is C10H20N2O. The van der Waals surface area contributed by atoms with Crippen molar-refractivity contribution in [2.24, 2.45) is 11.8 Å². The minimum Gasteiger partial charge on any atom is -0.356 e. The molecule has 1 amide bonds. The van der Waals surface area contributed by atoms with E-state index in [-0.39, 0.29) is 11.8 Å². The molecule has 1 aliphatic heterocycles. The van der Waals surface area contributed by atoms with E-state index in [9.17, 15) is 4.79 Å². The molecule has 1 heterocycles. The maximum absolute atomic E-state index is 11.3. The number of hydrogen-bond donors (Lipinski definition) is 2. The van der Waals surface area contributed by atoms with E-state index >= 15 is 0 Å². The van der Waals surface area contributed by atoms with Crippen LogP contribution >= 0.6 is 0 Å². The minimum atomic E-state index is 0.236. The zero-order valence-corrected chi connectivity index (χ0v) is 8.76. The van der Waals surface area contributed by atoms with Gasteiger partial charge < -0.3 is 10.6 Å². The summed E-state index contributed by atoms with van der Waals surface area (Å²) < 4.78 is 0. The molecule has 0 radical (unpaired) electrons. The smallest absolute Gasteiger partial charge is 0.223 e. The summed E-state index contributed by atoms with van der Waals surface area (Å²) in [6.45, 7) is 5.24. The standard InChI is InChI=1S/C10H20N2O/c1-7(2)9(11-3)6-8-4-5-12-10(8)13/h7-9,11H,4-6H2,1-3H3,(H,12,13). The van der Waals surface area contributed by atoms with Gasteiger partial charge in [0.1, 0.15) is 0 Å². The lowest BCUT2D eigenvalue weighted by Gasteiger charge is -2.22. The average Bonchev–Trinajstić information content (AvgIpc) is 2.46. The fraction of sp³-hybridized carbons (Fsp3) is 0.900. The molecule has 0 saturated carbocycles. The van der Waals surface area contributed by atoms with Gasteiger partial charge in [-0.15, -0.1) is 0 Å². The van der Waals surface area contributed by atoms with Crippen LogP contribution in [0.3, 0.4) is 0 Å². The van der Waals surface area contributed by atoms with E-state index in [0.717, 1.165) is 19.4 Å². The van der Waals surface area contributed by atoms with Crippen molar-refractivity contribution in [3.63, 3.8) is 0 Å². The molecule has 0 bridgehead atoms. The van der Waals surface area contributed by atoms with E-state index < -0.39 is 0 Å². The van der Waals surface area contributed by atoms with Gasteiger partial charge in [0.15, 0.2) is 0 Å². The quantitative estimate of drug-likeness (QED) is 0.677. The molecule has 3 nitrogen and oxygen atoms in total. The molecule has 1 fully saturated rings. The molecule has 76 valence electrons. The highest BCUT2D eigenvalue weighted by Gasteiger charge is 2.27. The molecule has 2 atom stereocenters. The first kappa shape index (κ1) is 10.5. The van der Waals surface area contributed by atoms with Gasteiger partial charge in [-0.25, -0.2) is 0 Å². The van der Waals surface area contributed by atoms with Gasteiger partial charge in [0.25, 0.3) is 0 Å². The second kappa shape index (κ2) is 4.61. The third-order valence-electron chi connectivity index (χ3n) is 2.88. The number of carbonyl (C=O) groups excluding carboxylic acids is 1. The van der Waals surface area contributed by atoms with Crippen LogP contribution in [-0.2, 0) is 4.79 Å². The van der Waals surface area contributed by atoms with E-state index in [1.54, 1.807) is 0 Å². The summed E-state index contributed by atoms with van der Waals surface area (Å²) in [5, 5.41) is 6.14. The molecule has 3 heteroatoms. The van der Waals surface area contributed by atoms with Gasteiger partial charge in [0.05, 0.1) is 0 Å². The van der Waals surface area contributed by atoms with Crippen LogP contribution in [0.15, 0.2) is 0 Å². The van der Waals surface area contributed by atoms with E-state index in [1.165, 1.54) is 0 Å². The summed E-state index contributed by atoms with van der Waals surface area (Å²) in [6.07, 6.45) is 1.98. The Labute approximate surface area is 80.3 Å². The van der Waals surface area contributed by atoms with Crippen LogP contribution in [0.25, 0.3) is 0 Å². The Balaban J connectivity index is 2.41. The first-order valence-corrected chi connectivity index (χ1v) is 5.10. The van der Waals surface area contributed by atoms with Gasteiger partial charge in [-0.3, -0.25) is 4.79 Å². The first-order chi connectivity index (χ1) is 6.15. The predicted molar refractivity (Wildman–Crippen MR) is 53.4 cm³/mol. The van der Waals surface area contributed by atoms with Crippen LogP contribution in [0.5, 0.6) is 0 Å². The molecule has 1 aliphatic rings. The number of rotatable bonds is 4. The maximum atomic E-state index is 11.3. The lowest BCUT2D eigenvalue weighted by molar-refractivity contribution is -0.122. The molecule has 0 spiro atoms. The molecular weight excluding hydrogens is 164 g/mol. The molecule has 2 N–H and O–H groups in total. The lowest BCUT2D eigenvalue weighted by Crippen LogP contribution is -2.34. The Morgan fingerprint density at radius 1 is 1.62 bits per heavy atom. The summed E-state index contributed by atoms with van der Waals surface area (Å²) in [4.78, 5) is 11.3. The van der Waals surface area contributed by atoms with Crippen LogP contribution < -0.4 is 10.6 Å². The van der Waals surface area contributed by atoms with Crippen LogP contribution in [-0.4, -0.2) is 25.5 Å². The zero-order valence-electron chi connectivity index (χ0n) is 8.76. The van der Waals surface area contributed by atoms with Crippen LogP contribution in [0, 0.1) is 11.8 Å². The molecule has 2 unspecified atom stereocenters. The first-order valence-electron chi connectivity index (χ1n) is 5.10. The highest BCUT2D eigenvalue weighted by atomic mass is 16.2. The van der Waals surface area contributed by atoms with Crippen LogP contribution in [0.2, 0.25) is 0 Å². The monoisotopic (exact) mass is 184 g/mol. The van der Waals surface area contributed by atoms with Crippen LogP contribution in [0.1, 0.15) is 26.7 Å². The number of hydrogen-bond acceptors (Lipinski definition) is 2. The van der Waals surface area contributed by atoms with Crippen molar-refractivity contribution in [3.05, 3.63) is 0 Å². The zero-order chi connectivity index (χ0) is 9.84. The second-order valence-electron chi connectivity index (χ2n) is 4.15. The topological polar surface area (TPSA) is 41.1 Å². The second-order valence-corrected chi connectivity index (χ2v) is 4.15. The van der Waals surface area contributed by atoms with E-state index in [0.29, 0.717) is 12.0 Å². The Hall–Kier alpha value is -0.570. The molecule has 0 aliphatic carbocycles. The van der Waals surface area contributed by atoms with E-state index in [4.69, 9.17) is 0 Å². The maximum Gasteiger partial charge on any atom is 0.223 e. The van der Waals surface area contributed by atoms with Gasteiger partial charge in [-0.05, 0) is 25.8 Å². The Morgan fingerprint density at radius 2 is 2.31 bits per heavy atom. The van der Waals surface area contributed by atoms with Gasteiger partial charge >= 0.3 is 0 Å². The SMILES string of the molecule is CNC(CC1CCNC1=O)C(C)C. The molecule has 1 saturated heterocycles. The predicted octanol–water partition coefficient (Wildman–Crippen LogP) is 0.757.